The number of anilines is 2. The Morgan fingerprint density at radius 1 is 1.50 bits per heavy atom. The molecule has 4 rings (SSSR count). The first-order valence-corrected chi connectivity index (χ1v) is 9.12. The van der Waals surface area contributed by atoms with Gasteiger partial charge >= 0.3 is 0 Å². The van der Waals surface area contributed by atoms with Gasteiger partial charge < -0.3 is 19.6 Å². The van der Waals surface area contributed by atoms with E-state index < -0.39 is 6.61 Å². The molecule has 1 amide bonds. The second-order valence-corrected chi connectivity index (χ2v) is 7.57. The van der Waals surface area contributed by atoms with E-state index in [1.165, 1.54) is 11.3 Å². The molecule has 1 aromatic heterocycles. The van der Waals surface area contributed by atoms with E-state index in [0.717, 1.165) is 27.9 Å². The molecule has 7 nitrogen and oxygen atoms in total. The standard InChI is InChI=1S/C18H18N4O3S/c1-25-16-8-20-17(26-16)22-11-18(4-5-21(10-18)15(24)9-23)13-6-12(7-19)2-3-14(13)22/h2-3,6,8,23H,4-5,9-11H2,1H3. The number of ether oxygens (including phenoxy) is 1. The lowest BCUT2D eigenvalue weighted by atomic mass is 9.81. The third kappa shape index (κ3) is 2.52. The van der Waals surface area contributed by atoms with Gasteiger partial charge in [0.1, 0.15) is 6.61 Å². The SMILES string of the molecule is COc1cnc(N2CC3(CCN(C(=O)CO)C3)c3cc(C#N)ccc32)s1. The number of amides is 1. The van der Waals surface area contributed by atoms with Crippen molar-refractivity contribution >= 4 is 28.1 Å². The molecule has 1 saturated heterocycles. The molecule has 134 valence electrons. The quantitative estimate of drug-likeness (QED) is 0.883. The molecule has 1 fully saturated rings. The summed E-state index contributed by atoms with van der Waals surface area (Å²) in [5.41, 5.74) is 2.43. The van der Waals surface area contributed by atoms with Crippen molar-refractivity contribution in [3.05, 3.63) is 35.5 Å². The van der Waals surface area contributed by atoms with Gasteiger partial charge in [0.25, 0.3) is 0 Å². The molecule has 1 atom stereocenters. The average molecular weight is 370 g/mol. The van der Waals surface area contributed by atoms with Crippen LogP contribution in [0.25, 0.3) is 0 Å². The van der Waals surface area contributed by atoms with Crippen LogP contribution in [-0.2, 0) is 10.2 Å². The first kappa shape index (κ1) is 16.8. The van der Waals surface area contributed by atoms with Gasteiger partial charge in [0, 0.05) is 30.7 Å². The zero-order valence-electron chi connectivity index (χ0n) is 14.3. The van der Waals surface area contributed by atoms with Crippen molar-refractivity contribution in [1.82, 2.24) is 9.88 Å². The van der Waals surface area contributed by atoms with Crippen molar-refractivity contribution in [1.29, 1.82) is 5.26 Å². The third-order valence-electron chi connectivity index (χ3n) is 5.19. The van der Waals surface area contributed by atoms with Gasteiger partial charge in [0.2, 0.25) is 5.91 Å². The fraction of sp³-hybridized carbons (Fsp3) is 0.389. The van der Waals surface area contributed by atoms with Gasteiger partial charge in [-0.15, -0.1) is 0 Å². The smallest absolute Gasteiger partial charge is 0.248 e. The lowest BCUT2D eigenvalue weighted by molar-refractivity contribution is -0.133. The number of carbonyl (C=O) groups is 1. The van der Waals surface area contributed by atoms with Gasteiger partial charge in [-0.05, 0) is 30.2 Å². The van der Waals surface area contributed by atoms with Gasteiger partial charge in [0.05, 0.1) is 24.9 Å². The van der Waals surface area contributed by atoms with Crippen LogP contribution in [0.5, 0.6) is 5.06 Å². The Morgan fingerprint density at radius 2 is 2.35 bits per heavy atom. The van der Waals surface area contributed by atoms with Crippen molar-refractivity contribution in [3.63, 3.8) is 0 Å². The van der Waals surface area contributed by atoms with Crippen molar-refractivity contribution in [3.8, 4) is 11.1 Å². The van der Waals surface area contributed by atoms with Gasteiger partial charge in [-0.25, -0.2) is 4.98 Å². The summed E-state index contributed by atoms with van der Waals surface area (Å²) in [4.78, 5) is 20.3. The number of benzene rings is 1. The molecular weight excluding hydrogens is 352 g/mol. The van der Waals surface area contributed by atoms with Crippen molar-refractivity contribution in [2.75, 3.05) is 38.3 Å². The second kappa shape index (κ2) is 6.27. The van der Waals surface area contributed by atoms with E-state index in [1.54, 1.807) is 24.3 Å². The highest BCUT2D eigenvalue weighted by atomic mass is 32.1. The number of hydrogen-bond donors (Lipinski definition) is 1. The lowest BCUT2D eigenvalue weighted by Crippen LogP contribution is -2.38. The van der Waals surface area contributed by atoms with Crippen LogP contribution >= 0.6 is 11.3 Å². The van der Waals surface area contributed by atoms with E-state index in [2.05, 4.69) is 16.0 Å². The first-order chi connectivity index (χ1) is 12.6. The minimum Gasteiger partial charge on any atom is -0.486 e. The molecule has 1 aromatic carbocycles. The van der Waals surface area contributed by atoms with Gasteiger partial charge in [-0.2, -0.15) is 5.26 Å². The number of aliphatic hydroxyl groups is 1. The van der Waals surface area contributed by atoms with Crippen molar-refractivity contribution in [2.45, 2.75) is 11.8 Å². The Kier molecular flexibility index (Phi) is 4.05. The summed E-state index contributed by atoms with van der Waals surface area (Å²) in [6.45, 7) is 1.34. The first-order valence-electron chi connectivity index (χ1n) is 8.31. The number of likely N-dealkylation sites (tertiary alicyclic amines) is 1. The van der Waals surface area contributed by atoms with Gasteiger partial charge in [-0.1, -0.05) is 11.3 Å². The molecule has 2 aromatic rings. The average Bonchev–Trinajstić information content (AvgIpc) is 3.39. The summed E-state index contributed by atoms with van der Waals surface area (Å²) in [6, 6.07) is 7.89. The maximum absolute atomic E-state index is 12.0. The van der Waals surface area contributed by atoms with Crippen LogP contribution in [0.4, 0.5) is 10.8 Å². The molecule has 0 bridgehead atoms. The number of hydrogen-bond acceptors (Lipinski definition) is 7. The van der Waals surface area contributed by atoms with E-state index in [0.29, 0.717) is 25.2 Å². The minimum atomic E-state index is -0.478. The Bertz CT molecular complexity index is 906. The van der Waals surface area contributed by atoms with Gasteiger partial charge in [-0.3, -0.25) is 4.79 Å². The predicted octanol–water partition coefficient (Wildman–Crippen LogP) is 1.64. The van der Waals surface area contributed by atoms with Crippen LogP contribution in [0, 0.1) is 11.3 Å². The highest BCUT2D eigenvalue weighted by Crippen LogP contribution is 2.50. The van der Waals surface area contributed by atoms with Crippen LogP contribution in [-0.4, -0.2) is 54.2 Å². The van der Waals surface area contributed by atoms with Crippen LogP contribution in [0.2, 0.25) is 0 Å². The number of nitrogens with zero attached hydrogens (tertiary/aromatic N) is 4. The number of carbonyl (C=O) groups excluding carboxylic acids is 1. The lowest BCUT2D eigenvalue weighted by Gasteiger charge is -2.25. The zero-order valence-corrected chi connectivity index (χ0v) is 15.1. The van der Waals surface area contributed by atoms with Crippen molar-refractivity contribution < 1.29 is 14.6 Å². The molecule has 2 aliphatic rings. The summed E-state index contributed by atoms with van der Waals surface area (Å²) in [7, 11) is 1.62. The summed E-state index contributed by atoms with van der Waals surface area (Å²) < 4.78 is 5.26. The highest BCUT2D eigenvalue weighted by molar-refractivity contribution is 7.17. The maximum Gasteiger partial charge on any atom is 0.248 e. The maximum atomic E-state index is 12.0. The fourth-order valence-corrected chi connectivity index (χ4v) is 4.66. The highest BCUT2D eigenvalue weighted by Gasteiger charge is 2.49. The summed E-state index contributed by atoms with van der Waals surface area (Å²) in [5, 5.41) is 20.1. The molecule has 0 radical (unpaired) electrons. The number of aromatic nitrogens is 1. The largest absolute Gasteiger partial charge is 0.486 e. The summed E-state index contributed by atoms with van der Waals surface area (Å²) >= 11 is 1.46. The number of fused-ring (bicyclic) bond motifs is 2. The van der Waals surface area contributed by atoms with E-state index in [9.17, 15) is 15.2 Å². The molecule has 0 saturated carbocycles. The van der Waals surface area contributed by atoms with E-state index in [4.69, 9.17) is 4.74 Å². The minimum absolute atomic E-state index is 0.255. The Hall–Kier alpha value is -2.63. The van der Waals surface area contributed by atoms with Crippen LogP contribution in [0.1, 0.15) is 17.5 Å². The molecule has 1 N–H and O–H groups in total. The Morgan fingerprint density at radius 3 is 3.04 bits per heavy atom. The molecule has 3 heterocycles. The molecule has 1 unspecified atom stereocenters. The number of thiazole rings is 1. The van der Waals surface area contributed by atoms with Crippen LogP contribution in [0.3, 0.4) is 0 Å². The Labute approximate surface area is 155 Å². The van der Waals surface area contributed by atoms with E-state index >= 15 is 0 Å². The molecular formula is C18H18N4O3S. The molecule has 0 aliphatic carbocycles. The van der Waals surface area contributed by atoms with Gasteiger partial charge in [0.15, 0.2) is 10.2 Å². The molecule has 2 aliphatic heterocycles. The van der Waals surface area contributed by atoms with Crippen LogP contribution in [0.15, 0.2) is 24.4 Å². The fourth-order valence-electron chi connectivity index (χ4n) is 3.91. The topological polar surface area (TPSA) is 89.7 Å². The number of methoxy groups -OCH3 is 1. The van der Waals surface area contributed by atoms with E-state index in [-0.39, 0.29) is 11.3 Å². The molecule has 8 heteroatoms. The zero-order chi connectivity index (χ0) is 18.3. The summed E-state index contributed by atoms with van der Waals surface area (Å²) in [5.74, 6) is -0.255. The normalized spacial score (nSPS) is 21.1. The predicted molar refractivity (Wildman–Crippen MR) is 96.8 cm³/mol. The van der Waals surface area contributed by atoms with E-state index in [1.807, 2.05) is 12.1 Å². The number of nitriles is 1. The number of aliphatic hydroxyl groups excluding tert-OH is 1. The Balaban J connectivity index is 1.76. The third-order valence-corrected chi connectivity index (χ3v) is 6.18. The summed E-state index contributed by atoms with van der Waals surface area (Å²) in [6.07, 6.45) is 2.49. The monoisotopic (exact) mass is 370 g/mol. The second-order valence-electron chi connectivity index (χ2n) is 6.60. The molecule has 26 heavy (non-hydrogen) atoms. The van der Waals surface area contributed by atoms with Crippen molar-refractivity contribution in [2.24, 2.45) is 0 Å². The molecule has 1 spiro atoms. The number of rotatable bonds is 3. The van der Waals surface area contributed by atoms with Crippen LogP contribution < -0.4 is 9.64 Å².